The summed E-state index contributed by atoms with van der Waals surface area (Å²) in [4.78, 5) is 0. The van der Waals surface area contributed by atoms with E-state index in [4.69, 9.17) is 0 Å². The summed E-state index contributed by atoms with van der Waals surface area (Å²) in [5.74, 6) is -0.110. The summed E-state index contributed by atoms with van der Waals surface area (Å²) >= 11 is 0. The summed E-state index contributed by atoms with van der Waals surface area (Å²) in [7, 11) is 0. The Morgan fingerprint density at radius 1 is 1.12 bits per heavy atom. The van der Waals surface area contributed by atoms with Crippen LogP contribution in [-0.4, -0.2) is 14.9 Å². The molecule has 0 radical (unpaired) electrons. The summed E-state index contributed by atoms with van der Waals surface area (Å²) in [6.07, 6.45) is 1.60. The van der Waals surface area contributed by atoms with Gasteiger partial charge in [0.05, 0.1) is 17.4 Å². The molecule has 1 aromatic heterocycles. The molecule has 3 rings (SSSR count). The van der Waals surface area contributed by atoms with E-state index in [1.807, 2.05) is 6.07 Å². The van der Waals surface area contributed by atoms with Gasteiger partial charge in [0.2, 0.25) is 0 Å². The van der Waals surface area contributed by atoms with E-state index >= 15 is 0 Å². The number of phenolic OH excluding ortho intramolecular Hbond substituents is 1. The van der Waals surface area contributed by atoms with Crippen molar-refractivity contribution in [3.63, 3.8) is 0 Å². The largest absolute Gasteiger partial charge is 0.508 e. The van der Waals surface area contributed by atoms with Crippen LogP contribution in [0.2, 0.25) is 0 Å². The molecular formula is C13H9FN2O. The van der Waals surface area contributed by atoms with Crippen molar-refractivity contribution >= 4 is 10.9 Å². The van der Waals surface area contributed by atoms with Gasteiger partial charge < -0.3 is 5.11 Å². The number of fused-ring (bicyclic) bond motifs is 1. The number of aromatic nitrogens is 2. The molecule has 0 saturated heterocycles. The van der Waals surface area contributed by atoms with Crippen LogP contribution in [0, 0.1) is 5.82 Å². The second kappa shape index (κ2) is 3.59. The van der Waals surface area contributed by atoms with E-state index in [0.717, 1.165) is 16.6 Å². The maximum atomic E-state index is 13.0. The molecule has 3 aromatic rings. The molecule has 1 heterocycles. The van der Waals surface area contributed by atoms with Crippen LogP contribution in [0.4, 0.5) is 4.39 Å². The summed E-state index contributed by atoms with van der Waals surface area (Å²) < 4.78 is 14.7. The lowest BCUT2D eigenvalue weighted by atomic mass is 10.2. The lowest BCUT2D eigenvalue weighted by Gasteiger charge is -2.03. The molecule has 0 bridgehead atoms. The molecule has 1 N–H and O–H groups in total. The number of phenols is 1. The summed E-state index contributed by atoms with van der Waals surface area (Å²) in [6.45, 7) is 0. The second-order valence-corrected chi connectivity index (χ2v) is 3.78. The summed E-state index contributed by atoms with van der Waals surface area (Å²) in [5.41, 5.74) is 1.55. The number of hydrogen-bond acceptors (Lipinski definition) is 2. The number of halogens is 1. The minimum Gasteiger partial charge on any atom is -0.508 e. The van der Waals surface area contributed by atoms with E-state index < -0.39 is 0 Å². The zero-order valence-electron chi connectivity index (χ0n) is 8.84. The highest BCUT2D eigenvalue weighted by Crippen LogP contribution is 2.21. The average Bonchev–Trinajstić information content (AvgIpc) is 2.71. The van der Waals surface area contributed by atoms with Crippen molar-refractivity contribution < 1.29 is 9.50 Å². The van der Waals surface area contributed by atoms with E-state index in [2.05, 4.69) is 5.10 Å². The first-order valence-corrected chi connectivity index (χ1v) is 5.17. The van der Waals surface area contributed by atoms with E-state index in [0.29, 0.717) is 0 Å². The Morgan fingerprint density at radius 2 is 2.00 bits per heavy atom. The molecule has 0 atom stereocenters. The Bertz CT molecular complexity index is 691. The van der Waals surface area contributed by atoms with Crippen molar-refractivity contribution in [2.75, 3.05) is 0 Å². The van der Waals surface area contributed by atoms with E-state index in [1.54, 1.807) is 35.1 Å². The minimum atomic E-state index is -0.284. The molecule has 0 spiro atoms. The topological polar surface area (TPSA) is 38.0 Å². The van der Waals surface area contributed by atoms with Gasteiger partial charge in [0, 0.05) is 11.5 Å². The highest BCUT2D eigenvalue weighted by Gasteiger charge is 2.05. The second-order valence-electron chi connectivity index (χ2n) is 3.78. The number of rotatable bonds is 1. The third-order valence-corrected chi connectivity index (χ3v) is 2.60. The predicted molar refractivity (Wildman–Crippen MR) is 62.7 cm³/mol. The fourth-order valence-electron chi connectivity index (χ4n) is 1.83. The lowest BCUT2D eigenvalue weighted by molar-refractivity contribution is 0.475. The lowest BCUT2D eigenvalue weighted by Crippen LogP contribution is -1.95. The summed E-state index contributed by atoms with van der Waals surface area (Å²) in [6, 6.07) is 11.3. The molecule has 4 heteroatoms. The Morgan fingerprint density at radius 3 is 2.82 bits per heavy atom. The van der Waals surface area contributed by atoms with E-state index in [-0.39, 0.29) is 11.6 Å². The van der Waals surface area contributed by atoms with E-state index in [1.165, 1.54) is 12.1 Å². The SMILES string of the molecule is Oc1cccc(-n2ncc3cc(F)ccc32)c1. The van der Waals surface area contributed by atoms with Gasteiger partial charge in [-0.25, -0.2) is 9.07 Å². The average molecular weight is 228 g/mol. The first kappa shape index (κ1) is 9.84. The van der Waals surface area contributed by atoms with Gasteiger partial charge in [-0.3, -0.25) is 0 Å². The van der Waals surface area contributed by atoms with Crippen LogP contribution in [0.1, 0.15) is 0 Å². The van der Waals surface area contributed by atoms with Crippen molar-refractivity contribution in [2.24, 2.45) is 0 Å². The molecule has 0 aliphatic carbocycles. The van der Waals surface area contributed by atoms with Gasteiger partial charge in [-0.05, 0) is 30.3 Å². The monoisotopic (exact) mass is 228 g/mol. The Kier molecular flexibility index (Phi) is 2.08. The zero-order chi connectivity index (χ0) is 11.8. The Balaban J connectivity index is 2.24. The zero-order valence-corrected chi connectivity index (χ0v) is 8.84. The van der Waals surface area contributed by atoms with Crippen molar-refractivity contribution in [1.82, 2.24) is 9.78 Å². The van der Waals surface area contributed by atoms with Gasteiger partial charge in [-0.15, -0.1) is 0 Å². The molecule has 0 aliphatic rings. The van der Waals surface area contributed by atoms with Crippen LogP contribution in [0.5, 0.6) is 5.75 Å². The first-order chi connectivity index (χ1) is 8.24. The molecule has 0 amide bonds. The fourth-order valence-corrected chi connectivity index (χ4v) is 1.83. The normalized spacial score (nSPS) is 10.9. The maximum Gasteiger partial charge on any atom is 0.124 e. The standard InChI is InChI=1S/C13H9FN2O/c14-10-4-5-13-9(6-10)8-15-16(13)11-2-1-3-12(17)7-11/h1-8,17H. The third-order valence-electron chi connectivity index (χ3n) is 2.60. The van der Waals surface area contributed by atoms with Crippen molar-refractivity contribution in [1.29, 1.82) is 0 Å². The third kappa shape index (κ3) is 1.63. The fraction of sp³-hybridized carbons (Fsp3) is 0. The van der Waals surface area contributed by atoms with Gasteiger partial charge in [-0.2, -0.15) is 5.10 Å². The quantitative estimate of drug-likeness (QED) is 0.695. The maximum absolute atomic E-state index is 13.0. The summed E-state index contributed by atoms with van der Waals surface area (Å²) in [5, 5.41) is 14.3. The smallest absolute Gasteiger partial charge is 0.124 e. The van der Waals surface area contributed by atoms with Gasteiger partial charge >= 0.3 is 0 Å². The number of hydrogen-bond donors (Lipinski definition) is 1. The van der Waals surface area contributed by atoms with Crippen LogP contribution in [-0.2, 0) is 0 Å². The van der Waals surface area contributed by atoms with Crippen LogP contribution in [0.3, 0.4) is 0 Å². The Labute approximate surface area is 96.7 Å². The molecule has 84 valence electrons. The van der Waals surface area contributed by atoms with Gasteiger partial charge in [-0.1, -0.05) is 6.07 Å². The van der Waals surface area contributed by atoms with Crippen molar-refractivity contribution in [3.05, 3.63) is 54.5 Å². The molecule has 0 fully saturated rings. The molecular weight excluding hydrogens is 219 g/mol. The number of nitrogens with zero attached hydrogens (tertiary/aromatic N) is 2. The molecule has 0 aliphatic heterocycles. The van der Waals surface area contributed by atoms with Crippen LogP contribution in [0.15, 0.2) is 48.7 Å². The predicted octanol–water partition coefficient (Wildman–Crippen LogP) is 2.87. The van der Waals surface area contributed by atoms with Crippen molar-refractivity contribution in [3.8, 4) is 11.4 Å². The minimum absolute atomic E-state index is 0.174. The van der Waals surface area contributed by atoms with Gasteiger partial charge in [0.15, 0.2) is 0 Å². The number of aromatic hydroxyl groups is 1. The molecule has 3 nitrogen and oxygen atoms in total. The van der Waals surface area contributed by atoms with E-state index in [9.17, 15) is 9.50 Å². The highest BCUT2D eigenvalue weighted by molar-refractivity contribution is 5.80. The van der Waals surface area contributed by atoms with Gasteiger partial charge in [0.1, 0.15) is 11.6 Å². The molecule has 17 heavy (non-hydrogen) atoms. The molecule has 0 unspecified atom stereocenters. The first-order valence-electron chi connectivity index (χ1n) is 5.17. The van der Waals surface area contributed by atoms with Crippen LogP contribution >= 0.6 is 0 Å². The van der Waals surface area contributed by atoms with Crippen molar-refractivity contribution in [2.45, 2.75) is 0 Å². The molecule has 2 aromatic carbocycles. The number of benzene rings is 2. The van der Waals surface area contributed by atoms with Gasteiger partial charge in [0.25, 0.3) is 0 Å². The molecule has 0 saturated carbocycles. The highest BCUT2D eigenvalue weighted by atomic mass is 19.1. The van der Waals surface area contributed by atoms with Crippen LogP contribution in [0.25, 0.3) is 16.6 Å². The van der Waals surface area contributed by atoms with Crippen LogP contribution < -0.4 is 0 Å². The Hall–Kier alpha value is -2.36.